The number of unbranched alkanes of at least 4 members (excludes halogenated alkanes) is 53. The van der Waals surface area contributed by atoms with Gasteiger partial charge in [-0.15, -0.1) is 0 Å². The van der Waals surface area contributed by atoms with Crippen molar-refractivity contribution in [3.05, 3.63) is 0 Å². The third-order valence-electron chi connectivity index (χ3n) is 20.4. The average molecular weight is 1550 g/mol. The van der Waals surface area contributed by atoms with Gasteiger partial charge in [0.15, 0.2) is 12.2 Å². The quantitative estimate of drug-likeness (QED) is 0.0222. The fourth-order valence-corrected chi connectivity index (χ4v) is 15.1. The Labute approximate surface area is 651 Å². The van der Waals surface area contributed by atoms with E-state index in [1.54, 1.807) is 0 Å². The minimum Gasteiger partial charge on any atom is -0.462 e. The maximum atomic E-state index is 13.2. The van der Waals surface area contributed by atoms with E-state index in [9.17, 15) is 43.2 Å². The number of ether oxygens (including phenoxy) is 4. The maximum absolute atomic E-state index is 13.2. The van der Waals surface area contributed by atoms with Gasteiger partial charge < -0.3 is 33.8 Å². The highest BCUT2D eigenvalue weighted by Crippen LogP contribution is 2.45. The molecular weight excluding hydrogens is 1380 g/mol. The molecule has 0 aliphatic carbocycles. The Morgan fingerprint density at radius 3 is 0.642 bits per heavy atom. The molecule has 0 aromatic rings. The molecule has 0 amide bonds. The van der Waals surface area contributed by atoms with Crippen molar-refractivity contribution in [1.82, 2.24) is 0 Å². The van der Waals surface area contributed by atoms with Crippen LogP contribution in [0.15, 0.2) is 0 Å². The summed E-state index contributed by atoms with van der Waals surface area (Å²) in [6.07, 6.45) is 68.1. The topological polar surface area (TPSA) is 237 Å². The lowest BCUT2D eigenvalue weighted by molar-refractivity contribution is -0.161. The molecule has 106 heavy (non-hydrogen) atoms. The number of aliphatic hydroxyl groups excluding tert-OH is 1. The van der Waals surface area contributed by atoms with Gasteiger partial charge in [0, 0.05) is 25.7 Å². The molecule has 0 fully saturated rings. The minimum atomic E-state index is -4.97. The molecule has 17 nitrogen and oxygen atoms in total. The van der Waals surface area contributed by atoms with Crippen LogP contribution in [0.2, 0.25) is 0 Å². The van der Waals surface area contributed by atoms with Crippen molar-refractivity contribution in [2.45, 2.75) is 478 Å². The molecule has 0 aliphatic heterocycles. The molecule has 5 atom stereocenters. The molecule has 0 saturated carbocycles. The second-order valence-corrected chi connectivity index (χ2v) is 35.6. The number of carbonyl (C=O) groups is 4. The molecule has 0 rings (SSSR count). The smallest absolute Gasteiger partial charge is 0.462 e. The van der Waals surface area contributed by atoms with E-state index in [0.29, 0.717) is 25.7 Å². The van der Waals surface area contributed by atoms with Gasteiger partial charge in [0.25, 0.3) is 0 Å². The van der Waals surface area contributed by atoms with Crippen molar-refractivity contribution in [2.24, 2.45) is 17.8 Å². The van der Waals surface area contributed by atoms with Crippen LogP contribution in [0.4, 0.5) is 0 Å². The monoisotopic (exact) mass is 1550 g/mol. The van der Waals surface area contributed by atoms with Gasteiger partial charge in [0.1, 0.15) is 19.3 Å². The maximum Gasteiger partial charge on any atom is 0.472 e. The normalized spacial score (nSPS) is 13.9. The van der Waals surface area contributed by atoms with Gasteiger partial charge in [-0.05, 0) is 43.4 Å². The second kappa shape index (κ2) is 77.0. The van der Waals surface area contributed by atoms with E-state index in [1.165, 1.54) is 270 Å². The fraction of sp³-hybridized carbons (Fsp3) is 0.954. The van der Waals surface area contributed by atoms with Crippen LogP contribution in [-0.4, -0.2) is 96.7 Å². The van der Waals surface area contributed by atoms with Gasteiger partial charge in [0.05, 0.1) is 26.4 Å². The third-order valence-corrected chi connectivity index (χ3v) is 22.3. The number of rotatable bonds is 85. The Morgan fingerprint density at radius 1 is 0.255 bits per heavy atom. The first-order chi connectivity index (χ1) is 51.2. The molecular formula is C87H170O17P2. The van der Waals surface area contributed by atoms with Crippen molar-refractivity contribution in [2.75, 3.05) is 39.6 Å². The van der Waals surface area contributed by atoms with Crippen molar-refractivity contribution >= 4 is 39.5 Å². The largest absolute Gasteiger partial charge is 0.472 e. The zero-order valence-corrected chi connectivity index (χ0v) is 71.7. The van der Waals surface area contributed by atoms with Crippen LogP contribution < -0.4 is 0 Å². The van der Waals surface area contributed by atoms with Crippen LogP contribution in [0.3, 0.4) is 0 Å². The third kappa shape index (κ3) is 80.1. The van der Waals surface area contributed by atoms with Gasteiger partial charge in [-0.2, -0.15) is 0 Å². The highest BCUT2D eigenvalue weighted by Gasteiger charge is 2.30. The lowest BCUT2D eigenvalue weighted by Crippen LogP contribution is -2.30. The van der Waals surface area contributed by atoms with E-state index in [2.05, 4.69) is 48.5 Å². The van der Waals surface area contributed by atoms with E-state index in [4.69, 9.17) is 37.0 Å². The Bertz CT molecular complexity index is 2040. The first kappa shape index (κ1) is 104. The lowest BCUT2D eigenvalue weighted by atomic mass is 10.0. The zero-order chi connectivity index (χ0) is 77.9. The summed E-state index contributed by atoms with van der Waals surface area (Å²) in [6.45, 7) is 12.0. The molecule has 0 radical (unpaired) electrons. The summed E-state index contributed by atoms with van der Waals surface area (Å²) >= 11 is 0. The fourth-order valence-electron chi connectivity index (χ4n) is 13.5. The zero-order valence-electron chi connectivity index (χ0n) is 69.9. The minimum absolute atomic E-state index is 0.106. The van der Waals surface area contributed by atoms with Crippen molar-refractivity contribution < 1.29 is 80.2 Å². The second-order valence-electron chi connectivity index (χ2n) is 32.7. The summed E-state index contributed by atoms with van der Waals surface area (Å²) < 4.78 is 68.9. The number of phosphoric acid groups is 2. The predicted octanol–water partition coefficient (Wildman–Crippen LogP) is 26.5. The molecule has 0 bridgehead atoms. The lowest BCUT2D eigenvalue weighted by Gasteiger charge is -2.21. The number of hydrogen-bond acceptors (Lipinski definition) is 15. The number of hydrogen-bond donors (Lipinski definition) is 3. The molecule has 630 valence electrons. The predicted molar refractivity (Wildman–Crippen MR) is 437 cm³/mol. The van der Waals surface area contributed by atoms with Gasteiger partial charge in [-0.1, -0.05) is 408 Å². The highest BCUT2D eigenvalue weighted by atomic mass is 31.2. The van der Waals surface area contributed by atoms with Crippen LogP contribution in [0.25, 0.3) is 0 Å². The number of aliphatic hydroxyl groups is 1. The Balaban J connectivity index is 5.24. The molecule has 0 spiro atoms. The number of phosphoric ester groups is 2. The summed E-state index contributed by atoms with van der Waals surface area (Å²) in [7, 11) is -9.93. The first-order valence-corrected chi connectivity index (χ1v) is 47.8. The molecule has 3 N–H and O–H groups in total. The van der Waals surface area contributed by atoms with Crippen LogP contribution in [0, 0.1) is 17.8 Å². The average Bonchev–Trinajstić information content (AvgIpc) is 0.901. The molecule has 19 heteroatoms. The van der Waals surface area contributed by atoms with Gasteiger partial charge >= 0.3 is 39.5 Å². The summed E-state index contributed by atoms with van der Waals surface area (Å²) in [5.41, 5.74) is 0. The van der Waals surface area contributed by atoms with Gasteiger partial charge in [-0.3, -0.25) is 37.3 Å². The number of carbonyl (C=O) groups excluding carboxylic acids is 4. The molecule has 0 aliphatic rings. The standard InChI is InChI=1S/C87H170O17P2/c1-8-9-10-11-12-13-14-15-16-17-18-22-25-28-33-40-47-54-61-68-84(89)97-74-82(103-86(91)70-63-56-49-41-34-29-26-23-20-19-21-24-27-31-37-44-51-58-65-78(2)3)76-101-105(93,94)99-72-81(88)73-100-106(95,96)102-77-83(75-98-85(90)69-62-55-48-43-36-39-46-53-60-67-80(6)7)104-87(92)71-64-57-50-42-35-30-32-38-45-52-59-66-79(4)5/h78-83,88H,8-77H2,1-7H3,(H,93,94)(H,95,96)/t81-,82-,83-/m1/s1. The molecule has 2 unspecified atom stereocenters. The Kier molecular flexibility index (Phi) is 75.6. The summed E-state index contributed by atoms with van der Waals surface area (Å²) in [4.78, 5) is 73.3. The summed E-state index contributed by atoms with van der Waals surface area (Å²) in [6, 6.07) is 0. The Morgan fingerprint density at radius 2 is 0.434 bits per heavy atom. The Hall–Kier alpha value is -1.94. The SMILES string of the molecule is CCCCCCCCCCCCCCCCCCCCCC(=O)OC[C@H](COP(=O)(O)OC[C@@H](O)COP(=O)(O)OC[C@@H](COC(=O)CCCCCCCCCCCC(C)C)OC(=O)CCCCCCCCCCCCCC(C)C)OC(=O)CCCCCCCCCCCCCCCCCCCCC(C)C. The van der Waals surface area contributed by atoms with Crippen LogP contribution in [0.1, 0.15) is 459 Å². The highest BCUT2D eigenvalue weighted by molar-refractivity contribution is 7.47. The van der Waals surface area contributed by atoms with Gasteiger partial charge in [0.2, 0.25) is 0 Å². The summed E-state index contributed by atoms with van der Waals surface area (Å²) in [5, 5.41) is 10.7. The molecule has 0 saturated heterocycles. The van der Waals surface area contributed by atoms with Crippen LogP contribution >= 0.6 is 15.6 Å². The van der Waals surface area contributed by atoms with Crippen LogP contribution in [0.5, 0.6) is 0 Å². The van der Waals surface area contributed by atoms with Crippen molar-refractivity contribution in [3.63, 3.8) is 0 Å². The van der Waals surface area contributed by atoms with E-state index < -0.39 is 97.5 Å². The van der Waals surface area contributed by atoms with E-state index in [-0.39, 0.29) is 25.7 Å². The van der Waals surface area contributed by atoms with E-state index in [1.807, 2.05) is 0 Å². The van der Waals surface area contributed by atoms with Gasteiger partial charge in [-0.25, -0.2) is 9.13 Å². The van der Waals surface area contributed by atoms with Crippen molar-refractivity contribution in [1.29, 1.82) is 0 Å². The van der Waals surface area contributed by atoms with E-state index >= 15 is 0 Å². The first-order valence-electron chi connectivity index (χ1n) is 44.8. The summed E-state index contributed by atoms with van der Waals surface area (Å²) in [5.74, 6) is 0.226. The van der Waals surface area contributed by atoms with Crippen molar-refractivity contribution in [3.8, 4) is 0 Å². The molecule has 0 aromatic heterocycles. The van der Waals surface area contributed by atoms with E-state index in [0.717, 1.165) is 108 Å². The number of esters is 4. The molecule has 0 aromatic carbocycles. The molecule has 0 heterocycles. The van der Waals surface area contributed by atoms with Crippen LogP contribution in [-0.2, 0) is 65.4 Å².